The van der Waals surface area contributed by atoms with Gasteiger partial charge in [0.25, 0.3) is 5.91 Å². The number of nitrogen functional groups attached to an aromatic ring is 1. The van der Waals surface area contributed by atoms with Crippen molar-refractivity contribution >= 4 is 48.9 Å². The molecule has 0 spiro atoms. The Bertz CT molecular complexity index is 698. The molecule has 0 aliphatic carbocycles. The molecule has 4 nitrogen and oxygen atoms in total. The van der Waals surface area contributed by atoms with Crippen molar-refractivity contribution < 1.29 is 4.79 Å². The van der Waals surface area contributed by atoms with Gasteiger partial charge in [0.1, 0.15) is 4.88 Å². The van der Waals surface area contributed by atoms with Crippen LogP contribution in [0.2, 0.25) is 0 Å². The van der Waals surface area contributed by atoms with E-state index in [2.05, 4.69) is 34.9 Å². The lowest BCUT2D eigenvalue weighted by Gasteiger charge is -2.20. The normalized spacial score (nSPS) is 18.9. The van der Waals surface area contributed by atoms with Crippen molar-refractivity contribution in [1.29, 1.82) is 0 Å². The van der Waals surface area contributed by atoms with Crippen molar-refractivity contribution in [3.63, 3.8) is 0 Å². The zero-order valence-corrected chi connectivity index (χ0v) is 14.5. The predicted octanol–water partition coefficient (Wildman–Crippen LogP) is 3.02. The van der Waals surface area contributed by atoms with E-state index < -0.39 is 0 Å². The molecular weight excluding hydrogens is 350 g/mol. The summed E-state index contributed by atoms with van der Waals surface area (Å²) in [6.45, 7) is 1.59. The van der Waals surface area contributed by atoms with Gasteiger partial charge in [0.2, 0.25) is 0 Å². The van der Waals surface area contributed by atoms with Gasteiger partial charge in [0.15, 0.2) is 0 Å². The van der Waals surface area contributed by atoms with Crippen LogP contribution in [0.3, 0.4) is 0 Å². The summed E-state index contributed by atoms with van der Waals surface area (Å²) in [4.78, 5) is 17.5. The van der Waals surface area contributed by atoms with Crippen LogP contribution in [0.4, 0.5) is 5.69 Å². The molecule has 1 aliphatic heterocycles. The zero-order chi connectivity index (χ0) is 15.1. The number of likely N-dealkylation sites (tertiary alicyclic amines) is 1. The molecule has 21 heavy (non-hydrogen) atoms. The van der Waals surface area contributed by atoms with Gasteiger partial charge in [-0.15, -0.1) is 11.3 Å². The minimum absolute atomic E-state index is 0.0640. The lowest BCUT2D eigenvalue weighted by atomic mass is 10.2. The molecule has 1 aromatic carbocycles. The minimum atomic E-state index is 0.0640. The quantitative estimate of drug-likeness (QED) is 0.887. The van der Waals surface area contributed by atoms with Crippen LogP contribution in [-0.2, 0) is 0 Å². The lowest BCUT2D eigenvalue weighted by molar-refractivity contribution is 0.0789. The maximum Gasteiger partial charge on any atom is 0.266 e. The summed E-state index contributed by atoms with van der Waals surface area (Å²) in [6, 6.07) is 6.38. The van der Waals surface area contributed by atoms with Gasteiger partial charge in [-0.25, -0.2) is 0 Å². The second-order valence-electron chi connectivity index (χ2n) is 5.64. The van der Waals surface area contributed by atoms with Gasteiger partial charge >= 0.3 is 0 Å². The van der Waals surface area contributed by atoms with E-state index in [4.69, 9.17) is 5.73 Å². The highest BCUT2D eigenvalue weighted by Gasteiger charge is 2.30. The predicted molar refractivity (Wildman–Crippen MR) is 91.9 cm³/mol. The molecular formula is C15H18BrN3OS. The average Bonchev–Trinajstić information content (AvgIpc) is 3.03. The number of hydrogen-bond donors (Lipinski definition) is 1. The van der Waals surface area contributed by atoms with Crippen LogP contribution in [0.15, 0.2) is 22.7 Å². The number of carbonyl (C=O) groups excluding carboxylic acids is 1. The molecule has 112 valence electrons. The third-order valence-electron chi connectivity index (χ3n) is 4.07. The third kappa shape index (κ3) is 2.67. The number of benzene rings is 1. The number of fused-ring (bicyclic) bond motifs is 1. The van der Waals surface area contributed by atoms with Gasteiger partial charge in [-0.3, -0.25) is 4.79 Å². The molecule has 1 unspecified atom stereocenters. The molecule has 0 saturated carbocycles. The second kappa shape index (κ2) is 5.59. The second-order valence-corrected chi connectivity index (χ2v) is 7.61. The van der Waals surface area contributed by atoms with Crippen LogP contribution in [0.1, 0.15) is 16.1 Å². The van der Waals surface area contributed by atoms with E-state index in [1.807, 2.05) is 23.1 Å². The molecule has 1 saturated heterocycles. The van der Waals surface area contributed by atoms with Crippen LogP contribution in [0.5, 0.6) is 0 Å². The first-order valence-corrected chi connectivity index (χ1v) is 8.51. The Balaban J connectivity index is 1.90. The SMILES string of the molecule is CN(C)C1CCN(C(=O)c2sc3cc(Br)ccc3c2N)C1. The van der Waals surface area contributed by atoms with E-state index in [0.717, 1.165) is 34.1 Å². The number of hydrogen-bond acceptors (Lipinski definition) is 4. The largest absolute Gasteiger partial charge is 0.397 e. The lowest BCUT2D eigenvalue weighted by Crippen LogP contribution is -2.34. The maximum absolute atomic E-state index is 12.7. The van der Waals surface area contributed by atoms with Crippen molar-refractivity contribution in [3.8, 4) is 0 Å². The van der Waals surface area contributed by atoms with Crippen LogP contribution in [-0.4, -0.2) is 48.9 Å². The van der Waals surface area contributed by atoms with Crippen molar-refractivity contribution in [2.45, 2.75) is 12.5 Å². The third-order valence-corrected chi connectivity index (χ3v) is 5.72. The molecule has 1 aliphatic rings. The van der Waals surface area contributed by atoms with E-state index in [0.29, 0.717) is 16.6 Å². The fraction of sp³-hybridized carbons (Fsp3) is 0.400. The van der Waals surface area contributed by atoms with Crippen molar-refractivity contribution in [2.24, 2.45) is 0 Å². The maximum atomic E-state index is 12.7. The Morgan fingerprint density at radius 3 is 2.90 bits per heavy atom. The summed E-state index contributed by atoms with van der Waals surface area (Å²) in [5, 5.41) is 0.968. The molecule has 2 N–H and O–H groups in total. The summed E-state index contributed by atoms with van der Waals surface area (Å²) < 4.78 is 2.05. The first-order chi connectivity index (χ1) is 9.97. The molecule has 0 radical (unpaired) electrons. The van der Waals surface area contributed by atoms with Gasteiger partial charge in [0, 0.05) is 33.7 Å². The monoisotopic (exact) mass is 367 g/mol. The van der Waals surface area contributed by atoms with Crippen LogP contribution < -0.4 is 5.73 Å². The smallest absolute Gasteiger partial charge is 0.266 e. The van der Waals surface area contributed by atoms with Gasteiger partial charge in [-0.05, 0) is 32.6 Å². The Morgan fingerprint density at radius 1 is 1.48 bits per heavy atom. The Hall–Kier alpha value is -1.11. The molecule has 3 rings (SSSR count). The Labute approximate surface area is 136 Å². The summed E-state index contributed by atoms with van der Waals surface area (Å²) >= 11 is 4.94. The van der Waals surface area contributed by atoms with Gasteiger partial charge in [-0.1, -0.05) is 22.0 Å². The van der Waals surface area contributed by atoms with Crippen LogP contribution in [0.25, 0.3) is 10.1 Å². The van der Waals surface area contributed by atoms with E-state index in [1.54, 1.807) is 0 Å². The highest BCUT2D eigenvalue weighted by atomic mass is 79.9. The standard InChI is InChI=1S/C15H18BrN3OS/c1-18(2)10-5-6-19(8-10)15(20)14-13(17)11-4-3-9(16)7-12(11)21-14/h3-4,7,10H,5-6,8,17H2,1-2H3. The molecule has 1 amide bonds. The number of likely N-dealkylation sites (N-methyl/N-ethyl adjacent to an activating group) is 1. The number of rotatable bonds is 2. The molecule has 1 aromatic heterocycles. The number of halogens is 1. The van der Waals surface area contributed by atoms with Crippen molar-refractivity contribution in [3.05, 3.63) is 27.5 Å². The summed E-state index contributed by atoms with van der Waals surface area (Å²) in [5.74, 6) is 0.0640. The van der Waals surface area contributed by atoms with E-state index in [-0.39, 0.29) is 5.91 Å². The van der Waals surface area contributed by atoms with Gasteiger partial charge < -0.3 is 15.5 Å². The fourth-order valence-corrected chi connectivity index (χ4v) is 4.38. The molecule has 2 heterocycles. The van der Waals surface area contributed by atoms with E-state index in [9.17, 15) is 4.79 Å². The van der Waals surface area contributed by atoms with E-state index >= 15 is 0 Å². The highest BCUT2D eigenvalue weighted by Crippen LogP contribution is 2.36. The first-order valence-electron chi connectivity index (χ1n) is 6.90. The first kappa shape index (κ1) is 14.8. The number of nitrogens with zero attached hydrogens (tertiary/aromatic N) is 2. The zero-order valence-electron chi connectivity index (χ0n) is 12.1. The summed E-state index contributed by atoms with van der Waals surface area (Å²) in [5.41, 5.74) is 6.80. The molecule has 1 atom stereocenters. The number of nitrogens with two attached hydrogens (primary N) is 1. The van der Waals surface area contributed by atoms with Crippen molar-refractivity contribution in [2.75, 3.05) is 32.9 Å². The van der Waals surface area contributed by atoms with Crippen LogP contribution >= 0.6 is 27.3 Å². The van der Waals surface area contributed by atoms with Gasteiger partial charge in [0.05, 0.1) is 5.69 Å². The molecule has 0 bridgehead atoms. The van der Waals surface area contributed by atoms with Crippen LogP contribution in [0, 0.1) is 0 Å². The number of amides is 1. The fourth-order valence-electron chi connectivity index (χ4n) is 2.74. The van der Waals surface area contributed by atoms with E-state index in [1.165, 1.54) is 11.3 Å². The average molecular weight is 368 g/mol. The number of anilines is 1. The number of thiophene rings is 1. The topological polar surface area (TPSA) is 49.6 Å². The van der Waals surface area contributed by atoms with Crippen molar-refractivity contribution in [1.82, 2.24) is 9.80 Å². The Kier molecular flexibility index (Phi) is 3.94. The molecule has 1 fully saturated rings. The highest BCUT2D eigenvalue weighted by molar-refractivity contribution is 9.10. The molecule has 6 heteroatoms. The summed E-state index contributed by atoms with van der Waals surface area (Å²) in [6.07, 6.45) is 1.02. The summed E-state index contributed by atoms with van der Waals surface area (Å²) in [7, 11) is 4.12. The molecule has 2 aromatic rings. The Morgan fingerprint density at radius 2 is 2.24 bits per heavy atom. The number of carbonyl (C=O) groups is 1. The minimum Gasteiger partial charge on any atom is -0.397 e. The van der Waals surface area contributed by atoms with Gasteiger partial charge in [-0.2, -0.15) is 0 Å².